The van der Waals surface area contributed by atoms with Gasteiger partial charge >= 0.3 is 0 Å². The summed E-state index contributed by atoms with van der Waals surface area (Å²) in [5.74, 6) is 0. The molecular formula is C15H35OP. The Labute approximate surface area is 110 Å². The Morgan fingerprint density at radius 1 is 0.529 bits per heavy atom. The molecule has 0 aromatic carbocycles. The van der Waals surface area contributed by atoms with Crippen LogP contribution in [0.3, 0.4) is 0 Å². The highest BCUT2D eigenvalue weighted by atomic mass is 31.2. The van der Waals surface area contributed by atoms with Gasteiger partial charge in [0, 0.05) is 7.26 Å². The minimum atomic E-state index is -0.546. The van der Waals surface area contributed by atoms with E-state index >= 15 is 0 Å². The molecule has 0 saturated heterocycles. The van der Waals surface area contributed by atoms with Crippen LogP contribution in [0.25, 0.3) is 0 Å². The first-order valence-corrected chi connectivity index (χ1v) is 10.1. The van der Waals surface area contributed by atoms with E-state index in [1.807, 2.05) is 0 Å². The molecule has 0 radical (unpaired) electrons. The molecule has 0 atom stereocenters. The van der Waals surface area contributed by atoms with Gasteiger partial charge in [-0.15, -0.1) is 0 Å². The third kappa shape index (κ3) is 9.03. The van der Waals surface area contributed by atoms with Gasteiger partial charge in [-0.25, -0.2) is 0 Å². The van der Waals surface area contributed by atoms with E-state index in [4.69, 9.17) is 0 Å². The van der Waals surface area contributed by atoms with E-state index in [0.29, 0.717) is 0 Å². The molecule has 0 aliphatic carbocycles. The van der Waals surface area contributed by atoms with E-state index in [0.717, 1.165) is 0 Å². The molecule has 0 fully saturated rings. The van der Waals surface area contributed by atoms with Gasteiger partial charge in [-0.2, -0.15) is 0 Å². The fraction of sp³-hybridized carbons (Fsp3) is 1.00. The largest absolute Gasteiger partial charge is 0.870 e. The summed E-state index contributed by atoms with van der Waals surface area (Å²) in [6.45, 7) is 9.43. The standard InChI is InChI=1S/C15H34P.H2O/c1-5-9-13-16(12-8-4,14-10-6-2)15-11-7-3;/h5-15H2,1-4H3;1H2/q+1;/p-1. The third-order valence-corrected chi connectivity index (χ3v) is 8.85. The van der Waals surface area contributed by atoms with Gasteiger partial charge in [0.15, 0.2) is 0 Å². The highest BCUT2D eigenvalue weighted by Gasteiger charge is 2.33. The van der Waals surface area contributed by atoms with Crippen LogP contribution in [-0.4, -0.2) is 30.1 Å². The monoisotopic (exact) mass is 262 g/mol. The van der Waals surface area contributed by atoms with E-state index in [1.54, 1.807) is 24.6 Å². The van der Waals surface area contributed by atoms with Crippen molar-refractivity contribution in [1.82, 2.24) is 0 Å². The molecule has 0 saturated carbocycles. The van der Waals surface area contributed by atoms with E-state index in [2.05, 4.69) is 27.7 Å². The zero-order valence-electron chi connectivity index (χ0n) is 12.7. The van der Waals surface area contributed by atoms with Crippen molar-refractivity contribution in [2.75, 3.05) is 24.6 Å². The molecule has 0 unspecified atom stereocenters. The summed E-state index contributed by atoms with van der Waals surface area (Å²) in [5.41, 5.74) is 0. The summed E-state index contributed by atoms with van der Waals surface area (Å²) in [4.78, 5) is 0. The zero-order valence-corrected chi connectivity index (χ0v) is 13.6. The summed E-state index contributed by atoms with van der Waals surface area (Å²) in [5, 5.41) is 0. The molecule has 0 amide bonds. The quantitative estimate of drug-likeness (QED) is 0.443. The Morgan fingerprint density at radius 3 is 1.12 bits per heavy atom. The summed E-state index contributed by atoms with van der Waals surface area (Å²) in [6, 6.07) is 0. The molecule has 17 heavy (non-hydrogen) atoms. The maximum Gasteiger partial charge on any atom is 0.0594 e. The lowest BCUT2D eigenvalue weighted by molar-refractivity contribution is 0.824. The maximum absolute atomic E-state index is 2.39. The Bertz CT molecular complexity index is 126. The highest BCUT2D eigenvalue weighted by Crippen LogP contribution is 2.61. The highest BCUT2D eigenvalue weighted by molar-refractivity contribution is 7.75. The van der Waals surface area contributed by atoms with Crippen LogP contribution >= 0.6 is 7.26 Å². The molecule has 0 heterocycles. The predicted octanol–water partition coefficient (Wildman–Crippen LogP) is 5.64. The van der Waals surface area contributed by atoms with Crippen molar-refractivity contribution < 1.29 is 5.48 Å². The van der Waals surface area contributed by atoms with Gasteiger partial charge in [0.25, 0.3) is 0 Å². The number of hydrogen-bond acceptors (Lipinski definition) is 1. The van der Waals surface area contributed by atoms with Crippen LogP contribution < -0.4 is 0 Å². The fourth-order valence-corrected chi connectivity index (χ4v) is 7.88. The molecule has 106 valence electrons. The molecule has 0 bridgehead atoms. The Balaban J connectivity index is 0. The van der Waals surface area contributed by atoms with Crippen molar-refractivity contribution in [3.8, 4) is 0 Å². The molecule has 0 aromatic heterocycles. The van der Waals surface area contributed by atoms with Crippen LogP contribution in [0.5, 0.6) is 0 Å². The van der Waals surface area contributed by atoms with E-state index in [1.165, 1.54) is 44.9 Å². The molecule has 0 aromatic rings. The van der Waals surface area contributed by atoms with Crippen LogP contribution in [-0.2, 0) is 0 Å². The van der Waals surface area contributed by atoms with Crippen molar-refractivity contribution in [1.29, 1.82) is 0 Å². The molecule has 0 spiro atoms. The van der Waals surface area contributed by atoms with Crippen LogP contribution in [0.4, 0.5) is 0 Å². The first kappa shape index (κ1) is 19.7. The molecule has 0 rings (SSSR count). The van der Waals surface area contributed by atoms with Gasteiger partial charge in [0.2, 0.25) is 0 Å². The average molecular weight is 262 g/mol. The molecule has 1 N–H and O–H groups in total. The fourth-order valence-electron chi connectivity index (χ4n) is 2.63. The van der Waals surface area contributed by atoms with Gasteiger partial charge in [-0.1, -0.05) is 47.0 Å². The molecule has 1 nitrogen and oxygen atoms in total. The van der Waals surface area contributed by atoms with Gasteiger partial charge < -0.3 is 5.48 Å². The maximum atomic E-state index is 2.39. The Kier molecular flexibility index (Phi) is 14.9. The normalized spacial score (nSPS) is 11.3. The number of unbranched alkanes of at least 4 members (excludes halogenated alkanes) is 3. The lowest BCUT2D eigenvalue weighted by atomic mass is 10.4. The van der Waals surface area contributed by atoms with Gasteiger partial charge in [0.1, 0.15) is 0 Å². The summed E-state index contributed by atoms with van der Waals surface area (Å²) >= 11 is 0. The Hall–Kier alpha value is 0.390. The van der Waals surface area contributed by atoms with E-state index in [9.17, 15) is 0 Å². The first-order valence-electron chi connectivity index (χ1n) is 7.59. The topological polar surface area (TPSA) is 30.0 Å². The van der Waals surface area contributed by atoms with Crippen molar-refractivity contribution >= 4 is 7.26 Å². The lowest BCUT2D eigenvalue weighted by Crippen LogP contribution is -2.12. The van der Waals surface area contributed by atoms with Gasteiger partial charge in [-0.3, -0.25) is 0 Å². The van der Waals surface area contributed by atoms with E-state index < -0.39 is 7.26 Å². The Morgan fingerprint density at radius 2 is 0.882 bits per heavy atom. The van der Waals surface area contributed by atoms with Crippen molar-refractivity contribution in [2.45, 2.75) is 72.6 Å². The lowest BCUT2D eigenvalue weighted by Gasteiger charge is -2.27. The second-order valence-electron chi connectivity index (χ2n) is 5.30. The average Bonchev–Trinajstić information content (AvgIpc) is 2.31. The summed E-state index contributed by atoms with van der Waals surface area (Å²) in [7, 11) is -0.546. The minimum Gasteiger partial charge on any atom is -0.870 e. The van der Waals surface area contributed by atoms with E-state index in [-0.39, 0.29) is 5.48 Å². The van der Waals surface area contributed by atoms with Crippen LogP contribution in [0.15, 0.2) is 0 Å². The SMILES string of the molecule is CCCC[P+](CCC)(CCCC)CCCC.[OH-]. The molecule has 0 aliphatic rings. The second kappa shape index (κ2) is 12.8. The predicted molar refractivity (Wildman–Crippen MR) is 83.3 cm³/mol. The second-order valence-corrected chi connectivity index (χ2v) is 9.77. The number of rotatable bonds is 11. The summed E-state index contributed by atoms with van der Waals surface area (Å²) in [6.07, 6.45) is 16.4. The number of hydrogen-bond donors (Lipinski definition) is 0. The minimum absolute atomic E-state index is 0. The first-order chi connectivity index (χ1) is 7.74. The van der Waals surface area contributed by atoms with Gasteiger partial charge in [-0.05, 0) is 25.7 Å². The van der Waals surface area contributed by atoms with Gasteiger partial charge in [0.05, 0.1) is 24.6 Å². The third-order valence-electron chi connectivity index (χ3n) is 3.66. The zero-order chi connectivity index (χ0) is 12.3. The van der Waals surface area contributed by atoms with Crippen LogP contribution in [0, 0.1) is 0 Å². The van der Waals surface area contributed by atoms with Crippen LogP contribution in [0.2, 0.25) is 0 Å². The smallest absolute Gasteiger partial charge is 0.0594 e. The summed E-state index contributed by atoms with van der Waals surface area (Å²) < 4.78 is 0. The molecular weight excluding hydrogens is 227 g/mol. The van der Waals surface area contributed by atoms with Crippen LogP contribution in [0.1, 0.15) is 72.6 Å². The van der Waals surface area contributed by atoms with Crippen molar-refractivity contribution in [3.63, 3.8) is 0 Å². The van der Waals surface area contributed by atoms with Crippen molar-refractivity contribution in [3.05, 3.63) is 0 Å². The van der Waals surface area contributed by atoms with Crippen molar-refractivity contribution in [2.24, 2.45) is 0 Å². The molecule has 0 aliphatic heterocycles. The molecule has 2 heteroatoms.